The van der Waals surface area contributed by atoms with Crippen molar-refractivity contribution >= 4 is 25.5 Å². The summed E-state index contributed by atoms with van der Waals surface area (Å²) in [7, 11) is -5.77. The fourth-order valence-electron chi connectivity index (χ4n) is 1.82. The van der Waals surface area contributed by atoms with Crippen molar-refractivity contribution in [3.63, 3.8) is 0 Å². The lowest BCUT2D eigenvalue weighted by molar-refractivity contribution is 0.403. The monoisotopic (exact) mass is 341 g/mol. The molecule has 118 valence electrons. The van der Waals surface area contributed by atoms with Crippen molar-refractivity contribution in [3.05, 3.63) is 48.5 Å². The number of sulfone groups is 1. The molecule has 0 aliphatic rings. The van der Waals surface area contributed by atoms with Gasteiger partial charge >= 0.3 is 0 Å². The number of rotatable bonds is 5. The summed E-state index contributed by atoms with van der Waals surface area (Å²) in [4.78, 5) is 0.123. The molecule has 22 heavy (non-hydrogen) atoms. The highest BCUT2D eigenvalue weighted by Crippen LogP contribution is 2.25. The minimum Gasteiger partial charge on any atom is -0.495 e. The van der Waals surface area contributed by atoms with E-state index in [0.29, 0.717) is 0 Å². The molecule has 0 aliphatic heterocycles. The first-order valence-electron chi connectivity index (χ1n) is 6.20. The minimum absolute atomic E-state index is 0.00434. The van der Waals surface area contributed by atoms with Gasteiger partial charge in [-0.05, 0) is 36.4 Å². The molecule has 2 aromatic carbocycles. The van der Waals surface area contributed by atoms with Crippen molar-refractivity contribution in [2.45, 2.75) is 9.79 Å². The Labute approximate surface area is 129 Å². The van der Waals surface area contributed by atoms with Crippen LogP contribution in [-0.4, -0.2) is 30.2 Å². The number of hydrogen-bond donors (Lipinski definition) is 1. The zero-order chi connectivity index (χ0) is 16.4. The average molecular weight is 341 g/mol. The molecular weight excluding hydrogens is 326 g/mol. The van der Waals surface area contributed by atoms with Gasteiger partial charge in [-0.15, -0.1) is 0 Å². The van der Waals surface area contributed by atoms with Gasteiger partial charge in [0.15, 0.2) is 9.84 Å². The molecule has 0 aliphatic carbocycles. The van der Waals surface area contributed by atoms with Crippen LogP contribution in [0, 0.1) is 0 Å². The normalized spacial score (nSPS) is 11.9. The van der Waals surface area contributed by atoms with Crippen molar-refractivity contribution in [2.24, 2.45) is 0 Å². The Morgan fingerprint density at radius 3 is 2.05 bits per heavy atom. The Morgan fingerprint density at radius 2 is 1.50 bits per heavy atom. The summed E-state index contributed by atoms with van der Waals surface area (Å²) in [6.07, 6.45) is 1.08. The van der Waals surface area contributed by atoms with Crippen LogP contribution in [0.2, 0.25) is 0 Å². The zero-order valence-corrected chi connectivity index (χ0v) is 13.6. The molecule has 0 heterocycles. The molecule has 0 amide bonds. The number of hydrogen-bond acceptors (Lipinski definition) is 5. The molecule has 0 aromatic heterocycles. The number of methoxy groups -OCH3 is 1. The lowest BCUT2D eigenvalue weighted by Gasteiger charge is -2.11. The van der Waals surface area contributed by atoms with Crippen molar-refractivity contribution in [2.75, 3.05) is 18.1 Å². The largest absolute Gasteiger partial charge is 0.495 e. The van der Waals surface area contributed by atoms with Crippen molar-refractivity contribution in [1.29, 1.82) is 0 Å². The molecule has 2 rings (SSSR count). The molecule has 0 saturated heterocycles. The van der Waals surface area contributed by atoms with Crippen LogP contribution in [0.25, 0.3) is 0 Å². The van der Waals surface area contributed by atoms with Crippen LogP contribution < -0.4 is 9.46 Å². The van der Waals surface area contributed by atoms with Gasteiger partial charge in [0, 0.05) is 11.9 Å². The average Bonchev–Trinajstić information content (AvgIpc) is 2.46. The highest BCUT2D eigenvalue weighted by atomic mass is 32.2. The van der Waals surface area contributed by atoms with Crippen LogP contribution in [0.15, 0.2) is 58.3 Å². The Hall–Kier alpha value is -2.06. The topological polar surface area (TPSA) is 89.5 Å². The maximum Gasteiger partial charge on any atom is 0.265 e. The van der Waals surface area contributed by atoms with E-state index in [1.165, 1.54) is 37.4 Å². The van der Waals surface area contributed by atoms with Crippen molar-refractivity contribution in [1.82, 2.24) is 0 Å². The maximum absolute atomic E-state index is 12.4. The molecule has 0 unspecified atom stereocenters. The van der Waals surface area contributed by atoms with Gasteiger partial charge in [-0.3, -0.25) is 4.72 Å². The highest BCUT2D eigenvalue weighted by molar-refractivity contribution is 7.92. The van der Waals surface area contributed by atoms with E-state index in [0.717, 1.165) is 6.26 Å². The molecule has 0 radical (unpaired) electrons. The third-order valence-electron chi connectivity index (χ3n) is 2.89. The molecule has 0 spiro atoms. The number of anilines is 1. The number of sulfonamides is 1. The smallest absolute Gasteiger partial charge is 0.265 e. The van der Waals surface area contributed by atoms with E-state index < -0.39 is 19.9 Å². The third-order valence-corrected chi connectivity index (χ3v) is 5.44. The number of para-hydroxylation sites is 1. The summed E-state index contributed by atoms with van der Waals surface area (Å²) < 4.78 is 54.9. The maximum atomic E-state index is 12.4. The zero-order valence-electron chi connectivity index (χ0n) is 12.0. The summed E-state index contributed by atoms with van der Waals surface area (Å²) in [6, 6.07) is 11.7. The summed E-state index contributed by atoms with van der Waals surface area (Å²) in [5, 5.41) is 0. The molecule has 1 N–H and O–H groups in total. The Morgan fingerprint density at radius 1 is 0.909 bits per heavy atom. The molecule has 0 atom stereocenters. The van der Waals surface area contributed by atoms with Crippen LogP contribution in [0.3, 0.4) is 0 Å². The van der Waals surface area contributed by atoms with Gasteiger partial charge < -0.3 is 4.74 Å². The first kappa shape index (κ1) is 16.3. The van der Waals surface area contributed by atoms with Gasteiger partial charge in [0.25, 0.3) is 10.0 Å². The third kappa shape index (κ3) is 3.58. The first-order valence-corrected chi connectivity index (χ1v) is 9.57. The van der Waals surface area contributed by atoms with Gasteiger partial charge in [-0.2, -0.15) is 0 Å². The summed E-state index contributed by atoms with van der Waals surface area (Å²) in [5.74, 6) is 0.225. The number of benzene rings is 2. The number of ether oxygens (including phenoxy) is 1. The Bertz CT molecular complexity index is 872. The molecular formula is C14H15NO5S2. The van der Waals surface area contributed by atoms with Gasteiger partial charge in [-0.1, -0.05) is 12.1 Å². The minimum atomic E-state index is -3.83. The summed E-state index contributed by atoms with van der Waals surface area (Å²) >= 11 is 0. The second-order valence-electron chi connectivity index (χ2n) is 4.55. The van der Waals surface area contributed by atoms with E-state index in [1.54, 1.807) is 18.2 Å². The molecule has 0 saturated carbocycles. The van der Waals surface area contributed by atoms with Crippen LogP contribution in [0.5, 0.6) is 5.75 Å². The molecule has 2 aromatic rings. The van der Waals surface area contributed by atoms with Crippen molar-refractivity contribution in [3.8, 4) is 5.75 Å². The van der Waals surface area contributed by atoms with E-state index in [1.807, 2.05) is 0 Å². The van der Waals surface area contributed by atoms with Crippen LogP contribution >= 0.6 is 0 Å². The second kappa shape index (κ2) is 5.98. The van der Waals surface area contributed by atoms with E-state index in [-0.39, 0.29) is 21.2 Å². The predicted octanol–water partition coefficient (Wildman–Crippen LogP) is 1.90. The van der Waals surface area contributed by atoms with Gasteiger partial charge in [0.2, 0.25) is 0 Å². The standard InChI is InChI=1S/C14H15NO5S2/c1-20-13-5-3-4-6-14(13)22(18,19)15-11-7-9-12(10-8-11)21(2,16)17/h3-10,15H,1-2H3. The molecule has 0 fully saturated rings. The van der Waals surface area contributed by atoms with E-state index >= 15 is 0 Å². The van der Waals surface area contributed by atoms with Gasteiger partial charge in [-0.25, -0.2) is 16.8 Å². The quantitative estimate of drug-likeness (QED) is 0.897. The SMILES string of the molecule is COc1ccccc1S(=O)(=O)Nc1ccc(S(C)(=O)=O)cc1. The lowest BCUT2D eigenvalue weighted by Crippen LogP contribution is -2.14. The Kier molecular flexibility index (Phi) is 4.43. The van der Waals surface area contributed by atoms with Crippen LogP contribution in [-0.2, 0) is 19.9 Å². The molecule has 0 bridgehead atoms. The van der Waals surface area contributed by atoms with Crippen LogP contribution in [0.4, 0.5) is 5.69 Å². The predicted molar refractivity (Wildman–Crippen MR) is 83.4 cm³/mol. The number of nitrogens with one attached hydrogen (secondary N) is 1. The lowest BCUT2D eigenvalue weighted by atomic mass is 10.3. The van der Waals surface area contributed by atoms with Gasteiger partial charge in [0.05, 0.1) is 12.0 Å². The fourth-order valence-corrected chi connectivity index (χ4v) is 3.68. The second-order valence-corrected chi connectivity index (χ2v) is 8.22. The van der Waals surface area contributed by atoms with E-state index in [4.69, 9.17) is 4.74 Å². The van der Waals surface area contributed by atoms with E-state index in [2.05, 4.69) is 4.72 Å². The van der Waals surface area contributed by atoms with Crippen molar-refractivity contribution < 1.29 is 21.6 Å². The Balaban J connectivity index is 2.33. The summed E-state index contributed by atoms with van der Waals surface area (Å²) in [6.45, 7) is 0. The first-order chi connectivity index (χ1) is 10.2. The fraction of sp³-hybridized carbons (Fsp3) is 0.143. The van der Waals surface area contributed by atoms with E-state index in [9.17, 15) is 16.8 Å². The van der Waals surface area contributed by atoms with Gasteiger partial charge in [0.1, 0.15) is 10.6 Å². The molecule has 8 heteroatoms. The summed E-state index contributed by atoms with van der Waals surface area (Å²) in [5.41, 5.74) is 0.262. The molecule has 6 nitrogen and oxygen atoms in total. The van der Waals surface area contributed by atoms with Crippen LogP contribution in [0.1, 0.15) is 0 Å². The highest BCUT2D eigenvalue weighted by Gasteiger charge is 2.19.